The van der Waals surface area contributed by atoms with Gasteiger partial charge in [0.25, 0.3) is 0 Å². The van der Waals surface area contributed by atoms with Crippen molar-refractivity contribution in [2.45, 2.75) is 24.9 Å². The summed E-state index contributed by atoms with van der Waals surface area (Å²) in [7, 11) is -2.58. The molecule has 2 aromatic rings. The third kappa shape index (κ3) is 3.02. The molecule has 0 aliphatic carbocycles. The molecular formula is C15H16N4O3S. The summed E-state index contributed by atoms with van der Waals surface area (Å²) in [6.45, 7) is 1.96. The molecule has 0 fully saturated rings. The number of carbonyl (C=O) groups is 1. The minimum Gasteiger partial charge on any atom is -0.341 e. The summed E-state index contributed by atoms with van der Waals surface area (Å²) in [5.41, 5.74) is 1.38. The number of fused-ring (bicyclic) bond motifs is 1. The van der Waals surface area contributed by atoms with Gasteiger partial charge in [-0.15, -0.1) is 0 Å². The molecule has 0 amide bonds. The Morgan fingerprint density at radius 2 is 2.09 bits per heavy atom. The van der Waals surface area contributed by atoms with Gasteiger partial charge in [0.1, 0.15) is 10.7 Å². The molecule has 0 bridgehead atoms. The maximum absolute atomic E-state index is 11.4. The van der Waals surface area contributed by atoms with Crippen molar-refractivity contribution in [2.24, 2.45) is 0 Å². The van der Waals surface area contributed by atoms with E-state index in [-0.39, 0.29) is 11.8 Å². The first-order valence-corrected chi connectivity index (χ1v) is 8.49. The van der Waals surface area contributed by atoms with Crippen LogP contribution in [0.5, 0.6) is 0 Å². The number of aldehydes is 1. The summed E-state index contributed by atoms with van der Waals surface area (Å²) < 4.78 is 21.8. The molecule has 1 N–H and O–H groups in total. The molecule has 0 spiro atoms. The molecule has 23 heavy (non-hydrogen) atoms. The van der Waals surface area contributed by atoms with Crippen molar-refractivity contribution >= 4 is 28.6 Å². The first-order valence-electron chi connectivity index (χ1n) is 7.13. The minimum atomic E-state index is -2.58. The number of hydrogen-bond acceptors (Lipinski definition) is 7. The quantitative estimate of drug-likeness (QED) is 0.626. The molecule has 1 unspecified atom stereocenters. The summed E-state index contributed by atoms with van der Waals surface area (Å²) in [6.07, 6.45) is 1.61. The largest absolute Gasteiger partial charge is 0.341 e. The van der Waals surface area contributed by atoms with Crippen molar-refractivity contribution in [1.29, 1.82) is 0 Å². The molecule has 3 rings (SSSR count). The molecule has 0 saturated carbocycles. The highest BCUT2D eigenvalue weighted by Crippen LogP contribution is 2.36. The lowest BCUT2D eigenvalue weighted by atomic mass is 10.1. The Morgan fingerprint density at radius 1 is 1.35 bits per heavy atom. The zero-order valence-electron chi connectivity index (χ0n) is 12.4. The Hall–Kier alpha value is -2.48. The topological polar surface area (TPSA) is 92.3 Å². The zero-order chi connectivity index (χ0) is 16.4. The zero-order valence-corrected chi connectivity index (χ0v) is 13.3. The number of carbonyl (C=O) groups excluding carboxylic acids is 1. The van der Waals surface area contributed by atoms with E-state index in [0.717, 1.165) is 11.8 Å². The first-order chi connectivity index (χ1) is 11.1. The van der Waals surface area contributed by atoms with Crippen LogP contribution in [0.3, 0.4) is 0 Å². The fourth-order valence-corrected chi connectivity index (χ4v) is 3.08. The fraction of sp³-hybridized carbons (Fsp3) is 0.267. The molecule has 1 aromatic heterocycles. The number of anilines is 2. The fourth-order valence-electron chi connectivity index (χ4n) is 2.66. The van der Waals surface area contributed by atoms with E-state index in [1.807, 2.05) is 42.2 Å². The van der Waals surface area contributed by atoms with Gasteiger partial charge in [-0.25, -0.2) is 18.4 Å². The number of nitrogens with one attached hydrogen (secondary N) is 1. The van der Waals surface area contributed by atoms with Crippen molar-refractivity contribution in [2.75, 3.05) is 10.2 Å². The van der Waals surface area contributed by atoms with E-state index in [4.69, 9.17) is 0 Å². The van der Waals surface area contributed by atoms with E-state index in [1.54, 1.807) is 0 Å². The van der Waals surface area contributed by atoms with Crippen molar-refractivity contribution in [1.82, 2.24) is 9.97 Å². The lowest BCUT2D eigenvalue weighted by molar-refractivity contribution is -0.108. The van der Waals surface area contributed by atoms with Gasteiger partial charge < -0.3 is 10.2 Å². The Kier molecular flexibility index (Phi) is 4.24. The molecule has 2 heterocycles. The van der Waals surface area contributed by atoms with Crippen LogP contribution in [0.15, 0.2) is 36.5 Å². The lowest BCUT2D eigenvalue weighted by Crippen LogP contribution is -2.39. The van der Waals surface area contributed by atoms with Gasteiger partial charge in [0, 0.05) is 0 Å². The van der Waals surface area contributed by atoms with E-state index in [9.17, 15) is 13.2 Å². The molecule has 0 saturated heterocycles. The van der Waals surface area contributed by atoms with Crippen molar-refractivity contribution < 1.29 is 13.2 Å². The van der Waals surface area contributed by atoms with Crippen LogP contribution in [0.2, 0.25) is 0 Å². The van der Waals surface area contributed by atoms with Crippen molar-refractivity contribution in [3.63, 3.8) is 0 Å². The maximum atomic E-state index is 11.4. The molecule has 1 aliphatic rings. The Morgan fingerprint density at radius 3 is 2.74 bits per heavy atom. The van der Waals surface area contributed by atoms with Gasteiger partial charge in [0.2, 0.25) is 0 Å². The van der Waals surface area contributed by atoms with Gasteiger partial charge in [-0.1, -0.05) is 30.3 Å². The summed E-state index contributed by atoms with van der Waals surface area (Å²) >= 11 is 0. The monoisotopic (exact) mass is 332 g/mol. The van der Waals surface area contributed by atoms with Crippen LogP contribution in [0.25, 0.3) is 0 Å². The number of rotatable bonds is 5. The maximum Gasteiger partial charge on any atom is 0.174 e. The minimum absolute atomic E-state index is 0.120. The van der Waals surface area contributed by atoms with Gasteiger partial charge in [-0.3, -0.25) is 4.79 Å². The molecule has 120 valence electrons. The second kappa shape index (κ2) is 6.33. The van der Waals surface area contributed by atoms with Gasteiger partial charge in [-0.2, -0.15) is 0 Å². The molecule has 8 heteroatoms. The molecule has 0 radical (unpaired) electrons. The number of nitrogens with zero attached hydrogens (tertiary/aromatic N) is 3. The molecular weight excluding hydrogens is 316 g/mol. The highest BCUT2D eigenvalue weighted by Gasteiger charge is 2.35. The average Bonchev–Trinajstić information content (AvgIpc) is 2.92. The van der Waals surface area contributed by atoms with Crippen molar-refractivity contribution in [3.05, 3.63) is 47.8 Å². The normalized spacial score (nSPS) is 17.7. The number of aromatic nitrogens is 2. The smallest absolute Gasteiger partial charge is 0.174 e. The van der Waals surface area contributed by atoms with Crippen molar-refractivity contribution in [3.8, 4) is 0 Å². The number of hydrogen-bond donors (Lipinski definition) is 2. The molecule has 7 nitrogen and oxygen atoms in total. The van der Waals surface area contributed by atoms with Crippen LogP contribution < -0.4 is 10.2 Å². The lowest BCUT2D eigenvalue weighted by Gasteiger charge is -2.29. The van der Waals surface area contributed by atoms with Crippen LogP contribution in [-0.4, -0.2) is 30.8 Å². The second-order valence-corrected chi connectivity index (χ2v) is 6.23. The number of thiol groups is 1. The predicted molar refractivity (Wildman–Crippen MR) is 86.9 cm³/mol. The van der Waals surface area contributed by atoms with Gasteiger partial charge >= 0.3 is 0 Å². The summed E-state index contributed by atoms with van der Waals surface area (Å²) in [6, 6.07) is 9.59. The van der Waals surface area contributed by atoms with Crippen LogP contribution in [0.1, 0.15) is 24.2 Å². The van der Waals surface area contributed by atoms with E-state index in [2.05, 4.69) is 15.3 Å². The first kappa shape index (κ1) is 15.4. The van der Waals surface area contributed by atoms with Gasteiger partial charge in [0.15, 0.2) is 24.1 Å². The second-order valence-electron chi connectivity index (χ2n) is 5.24. The van der Waals surface area contributed by atoms with E-state index in [0.29, 0.717) is 17.3 Å². The van der Waals surface area contributed by atoms with E-state index >= 15 is 0 Å². The highest BCUT2D eigenvalue weighted by atomic mass is 32.2. The van der Waals surface area contributed by atoms with Gasteiger partial charge in [0.05, 0.1) is 23.7 Å². The third-order valence-corrected chi connectivity index (χ3v) is 4.33. The van der Waals surface area contributed by atoms with Crippen LogP contribution >= 0.6 is 0 Å². The highest BCUT2D eigenvalue weighted by molar-refractivity contribution is 7.71. The summed E-state index contributed by atoms with van der Waals surface area (Å²) in [5.74, 6) is 0.803. The molecule has 1 aliphatic heterocycles. The SMILES string of the molecule is CC(c1ccccc1)N1c2nc(C[SH](=O)=O)cnc2N[C@@H]1C=O. The standard InChI is InChI=1S/C15H16N4O3S/c1-10(11-5-3-2-4-6-11)19-13(8-20)18-14-15(19)17-12(7-16-14)9-23(21)22/h2-8,10,13,23H,9H2,1H3,(H,16,18)/t10?,13-/m0/s1. The van der Waals surface area contributed by atoms with E-state index < -0.39 is 16.9 Å². The Balaban J connectivity index is 2.01. The van der Waals surface area contributed by atoms with Crippen LogP contribution in [0.4, 0.5) is 11.6 Å². The number of benzene rings is 1. The average molecular weight is 332 g/mol. The van der Waals surface area contributed by atoms with Crippen LogP contribution in [0, 0.1) is 0 Å². The van der Waals surface area contributed by atoms with E-state index in [1.165, 1.54) is 6.20 Å². The molecule has 1 aromatic carbocycles. The molecule has 2 atom stereocenters. The third-order valence-electron chi connectivity index (χ3n) is 3.75. The summed E-state index contributed by atoms with van der Waals surface area (Å²) in [5, 5.41) is 3.00. The Labute approximate surface area is 135 Å². The predicted octanol–water partition coefficient (Wildman–Crippen LogP) is 1.11. The van der Waals surface area contributed by atoms with Gasteiger partial charge in [-0.05, 0) is 12.5 Å². The summed E-state index contributed by atoms with van der Waals surface area (Å²) in [4.78, 5) is 21.8. The Bertz CT molecular complexity index is 787. The van der Waals surface area contributed by atoms with Crippen LogP contribution in [-0.2, 0) is 21.3 Å².